The number of ether oxygens (including phenoxy) is 1. The Morgan fingerprint density at radius 1 is 0.944 bits per heavy atom. The van der Waals surface area contributed by atoms with Crippen LogP contribution in [0.5, 0.6) is 5.75 Å². The van der Waals surface area contributed by atoms with Crippen LogP contribution in [0, 0.1) is 23.7 Å². The van der Waals surface area contributed by atoms with Crippen LogP contribution < -0.4 is 4.74 Å². The molecule has 3 aliphatic rings. The largest absolute Gasteiger partial charge is 0.573 e. The predicted octanol–water partition coefficient (Wildman–Crippen LogP) is 3.27. The molecule has 0 radical (unpaired) electrons. The molecular formula is C25H24F3N5O3. The molecule has 3 aromatic rings. The van der Waals surface area contributed by atoms with Gasteiger partial charge in [0.25, 0.3) is 5.91 Å². The molecule has 0 bridgehead atoms. The number of aromatic amines is 1. The Hall–Kier alpha value is -3.63. The van der Waals surface area contributed by atoms with Crippen LogP contribution in [-0.4, -0.2) is 69.6 Å². The fourth-order valence-electron chi connectivity index (χ4n) is 6.17. The summed E-state index contributed by atoms with van der Waals surface area (Å²) in [6.45, 7) is 2.82. The molecular weight excluding hydrogens is 475 g/mol. The highest BCUT2D eigenvalue weighted by Crippen LogP contribution is 2.54. The summed E-state index contributed by atoms with van der Waals surface area (Å²) < 4.78 is 40.8. The van der Waals surface area contributed by atoms with Gasteiger partial charge in [-0.15, -0.1) is 18.3 Å². The summed E-state index contributed by atoms with van der Waals surface area (Å²) in [5.74, 6) is 1.44. The number of amides is 2. The van der Waals surface area contributed by atoms with Gasteiger partial charge in [-0.05, 0) is 66.0 Å². The van der Waals surface area contributed by atoms with E-state index in [-0.39, 0.29) is 17.6 Å². The molecule has 1 N–H and O–H groups in total. The minimum absolute atomic E-state index is 0.00644. The Kier molecular flexibility index (Phi) is 5.38. The summed E-state index contributed by atoms with van der Waals surface area (Å²) in [6, 6.07) is 11.0. The molecule has 3 heterocycles. The molecule has 6 rings (SSSR count). The molecule has 1 aliphatic carbocycles. The van der Waals surface area contributed by atoms with Crippen LogP contribution in [0.2, 0.25) is 0 Å². The first kappa shape index (κ1) is 22.8. The zero-order chi connectivity index (χ0) is 25.0. The van der Waals surface area contributed by atoms with Crippen molar-refractivity contribution in [3.8, 4) is 5.75 Å². The lowest BCUT2D eigenvalue weighted by atomic mass is 9.60. The number of halogens is 3. The number of benzene rings is 2. The number of nitrogens with zero attached hydrogens (tertiary/aromatic N) is 4. The van der Waals surface area contributed by atoms with E-state index in [4.69, 9.17) is 0 Å². The number of hydrogen-bond donors (Lipinski definition) is 1. The fraction of sp³-hybridized carbons (Fsp3) is 0.440. The number of carbonyl (C=O) groups is 2. The second-order valence-corrected chi connectivity index (χ2v) is 9.90. The van der Waals surface area contributed by atoms with Crippen molar-refractivity contribution in [3.05, 3.63) is 53.6 Å². The molecule has 4 atom stereocenters. The molecule has 1 aromatic heterocycles. The van der Waals surface area contributed by atoms with Gasteiger partial charge in [0.1, 0.15) is 11.3 Å². The number of likely N-dealkylation sites (tertiary alicyclic amines) is 2. The standard InChI is InChI=1S/C25H24F3N5O3/c26-25(27,28)36-16-5-1-14(2-6-16)3-8-23(34)32-10-17-18(11-32)20-13-33(12-19(17)20)24(35)15-4-7-21-22(9-15)30-31-29-21/h1-2,4-7,9,17-20H,3,8,10-13H2,(H,29,30,31)/t17-,18+,19+,20-. The van der Waals surface area contributed by atoms with E-state index in [9.17, 15) is 22.8 Å². The highest BCUT2D eigenvalue weighted by molar-refractivity contribution is 5.97. The summed E-state index contributed by atoms with van der Waals surface area (Å²) in [4.78, 5) is 29.7. The number of rotatable bonds is 5. The van der Waals surface area contributed by atoms with E-state index < -0.39 is 6.36 Å². The second kappa shape index (κ2) is 8.49. The van der Waals surface area contributed by atoms with Crippen molar-refractivity contribution in [2.45, 2.75) is 19.2 Å². The molecule has 1 saturated carbocycles. The predicted molar refractivity (Wildman–Crippen MR) is 122 cm³/mol. The number of nitrogens with one attached hydrogen (secondary N) is 1. The number of H-pyrrole nitrogens is 1. The van der Waals surface area contributed by atoms with E-state index in [2.05, 4.69) is 20.1 Å². The lowest BCUT2D eigenvalue weighted by Crippen LogP contribution is -2.44. The zero-order valence-electron chi connectivity index (χ0n) is 19.2. The first-order chi connectivity index (χ1) is 17.2. The normalized spacial score (nSPS) is 25.0. The van der Waals surface area contributed by atoms with Gasteiger partial charge in [0, 0.05) is 38.2 Å². The van der Waals surface area contributed by atoms with E-state index in [1.807, 2.05) is 15.9 Å². The lowest BCUT2D eigenvalue weighted by molar-refractivity contribution is -0.274. The maximum Gasteiger partial charge on any atom is 0.573 e. The van der Waals surface area contributed by atoms with Crippen molar-refractivity contribution in [2.75, 3.05) is 26.2 Å². The lowest BCUT2D eigenvalue weighted by Gasteiger charge is -2.42. The molecule has 2 saturated heterocycles. The number of fused-ring (bicyclic) bond motifs is 5. The quantitative estimate of drug-likeness (QED) is 0.582. The molecule has 11 heteroatoms. The molecule has 0 unspecified atom stereocenters. The summed E-state index contributed by atoms with van der Waals surface area (Å²) in [5.41, 5.74) is 2.85. The van der Waals surface area contributed by atoms with Crippen molar-refractivity contribution in [2.24, 2.45) is 23.7 Å². The molecule has 8 nitrogen and oxygen atoms in total. The molecule has 2 aromatic carbocycles. The first-order valence-corrected chi connectivity index (χ1v) is 12.0. The average Bonchev–Trinajstić information content (AvgIpc) is 3.56. The number of aryl methyl sites for hydroxylation is 1. The van der Waals surface area contributed by atoms with Gasteiger partial charge < -0.3 is 14.5 Å². The molecule has 2 aliphatic heterocycles. The maximum atomic E-state index is 13.1. The van der Waals surface area contributed by atoms with Crippen LogP contribution in [0.1, 0.15) is 22.3 Å². The highest BCUT2D eigenvalue weighted by Gasteiger charge is 2.59. The summed E-state index contributed by atoms with van der Waals surface area (Å²) >= 11 is 0. The number of carbonyl (C=O) groups excluding carboxylic acids is 2. The molecule has 188 valence electrons. The van der Waals surface area contributed by atoms with Crippen molar-refractivity contribution >= 4 is 22.8 Å². The minimum atomic E-state index is -4.72. The Labute approximate surface area is 204 Å². The maximum absolute atomic E-state index is 13.1. The topological polar surface area (TPSA) is 91.4 Å². The van der Waals surface area contributed by atoms with E-state index >= 15 is 0 Å². The van der Waals surface area contributed by atoms with E-state index in [0.717, 1.165) is 11.1 Å². The second-order valence-electron chi connectivity index (χ2n) is 9.90. The van der Waals surface area contributed by atoms with Gasteiger partial charge in [0.15, 0.2) is 0 Å². The Balaban J connectivity index is 1.01. The summed E-state index contributed by atoms with van der Waals surface area (Å²) in [7, 11) is 0. The van der Waals surface area contributed by atoms with Gasteiger partial charge in [0.05, 0.1) is 5.52 Å². The summed E-state index contributed by atoms with van der Waals surface area (Å²) in [5, 5.41) is 10.5. The van der Waals surface area contributed by atoms with Gasteiger partial charge in [-0.2, -0.15) is 0 Å². The van der Waals surface area contributed by atoms with Gasteiger partial charge in [0.2, 0.25) is 5.91 Å². The van der Waals surface area contributed by atoms with Crippen LogP contribution in [0.3, 0.4) is 0 Å². The third-order valence-electron chi connectivity index (χ3n) is 7.92. The van der Waals surface area contributed by atoms with Crippen LogP contribution in [-0.2, 0) is 11.2 Å². The Morgan fingerprint density at radius 3 is 2.22 bits per heavy atom. The van der Waals surface area contributed by atoms with E-state index in [0.29, 0.717) is 73.8 Å². The molecule has 2 amide bonds. The SMILES string of the molecule is O=C(CCc1ccc(OC(F)(F)F)cc1)N1C[C@@H]2[C@H](C1)[C@H]1CN(C(=O)c3ccc4[nH]nnc4c3)C[C@@H]21. The number of alkyl halides is 3. The van der Waals surface area contributed by atoms with Crippen molar-refractivity contribution in [3.63, 3.8) is 0 Å². The van der Waals surface area contributed by atoms with Gasteiger partial charge in [-0.1, -0.05) is 17.3 Å². The minimum Gasteiger partial charge on any atom is -0.406 e. The van der Waals surface area contributed by atoms with Gasteiger partial charge >= 0.3 is 6.36 Å². The third-order valence-corrected chi connectivity index (χ3v) is 7.92. The van der Waals surface area contributed by atoms with E-state index in [1.54, 1.807) is 24.3 Å². The zero-order valence-corrected chi connectivity index (χ0v) is 19.2. The summed E-state index contributed by atoms with van der Waals surface area (Å²) in [6.07, 6.45) is -3.95. The van der Waals surface area contributed by atoms with Crippen LogP contribution >= 0.6 is 0 Å². The fourth-order valence-corrected chi connectivity index (χ4v) is 6.17. The number of aromatic nitrogens is 3. The number of hydrogen-bond acceptors (Lipinski definition) is 5. The van der Waals surface area contributed by atoms with Crippen molar-refractivity contribution in [1.29, 1.82) is 0 Å². The highest BCUT2D eigenvalue weighted by atomic mass is 19.4. The van der Waals surface area contributed by atoms with Gasteiger partial charge in [-0.3, -0.25) is 14.7 Å². The van der Waals surface area contributed by atoms with Gasteiger partial charge in [-0.25, -0.2) is 0 Å². The van der Waals surface area contributed by atoms with Crippen LogP contribution in [0.4, 0.5) is 13.2 Å². The van der Waals surface area contributed by atoms with Crippen LogP contribution in [0.25, 0.3) is 11.0 Å². The first-order valence-electron chi connectivity index (χ1n) is 12.0. The molecule has 0 spiro atoms. The molecule has 36 heavy (non-hydrogen) atoms. The Morgan fingerprint density at radius 2 is 1.58 bits per heavy atom. The average molecular weight is 499 g/mol. The van der Waals surface area contributed by atoms with Crippen molar-refractivity contribution in [1.82, 2.24) is 25.2 Å². The van der Waals surface area contributed by atoms with E-state index in [1.165, 1.54) is 12.1 Å². The van der Waals surface area contributed by atoms with Crippen molar-refractivity contribution < 1.29 is 27.5 Å². The van der Waals surface area contributed by atoms with Crippen LogP contribution in [0.15, 0.2) is 42.5 Å². The molecule has 3 fully saturated rings. The monoisotopic (exact) mass is 499 g/mol. The third kappa shape index (κ3) is 4.16. The smallest absolute Gasteiger partial charge is 0.406 e. The Bertz CT molecular complexity index is 1290.